The van der Waals surface area contributed by atoms with Gasteiger partial charge in [0.05, 0.1) is 0 Å². The van der Waals surface area contributed by atoms with Gasteiger partial charge in [-0.3, -0.25) is 4.79 Å². The van der Waals surface area contributed by atoms with Gasteiger partial charge in [-0.25, -0.2) is 23.7 Å². The van der Waals surface area contributed by atoms with Crippen LogP contribution < -0.4 is 10.1 Å². The summed E-state index contributed by atoms with van der Waals surface area (Å²) >= 11 is 0. The van der Waals surface area contributed by atoms with Gasteiger partial charge in [0, 0.05) is 20.1 Å². The summed E-state index contributed by atoms with van der Waals surface area (Å²) in [5, 5.41) is 2.91. The van der Waals surface area contributed by atoms with Gasteiger partial charge in [-0.2, -0.15) is 0 Å². The van der Waals surface area contributed by atoms with E-state index in [1.807, 2.05) is 4.90 Å². The minimum absolute atomic E-state index is 0.0764. The molecule has 1 aromatic carbocycles. The Hall–Kier alpha value is -4.00. The van der Waals surface area contributed by atoms with Crippen molar-refractivity contribution >= 4 is 22.9 Å². The SMILES string of the molecule is C=CC(=O)N1CCCC1.CNc1ncnc2nc(C#CCOc3c(F)cccc3F)[nH]c12. The van der Waals surface area contributed by atoms with Gasteiger partial charge in [0.25, 0.3) is 0 Å². The number of imidazole rings is 1. The van der Waals surface area contributed by atoms with Gasteiger partial charge in [-0.15, -0.1) is 0 Å². The van der Waals surface area contributed by atoms with E-state index >= 15 is 0 Å². The van der Waals surface area contributed by atoms with Gasteiger partial charge in [0.2, 0.25) is 5.91 Å². The predicted octanol–water partition coefficient (Wildman–Crippen LogP) is 2.90. The number of aromatic amines is 1. The van der Waals surface area contributed by atoms with Crippen LogP contribution in [-0.4, -0.2) is 57.5 Å². The maximum absolute atomic E-state index is 13.4. The number of nitrogens with zero attached hydrogens (tertiary/aromatic N) is 4. The number of amides is 1. The van der Waals surface area contributed by atoms with Crippen molar-refractivity contribution in [3.8, 4) is 17.6 Å². The molecule has 1 fully saturated rings. The highest BCUT2D eigenvalue weighted by Gasteiger charge is 2.14. The number of aromatic nitrogens is 4. The molecule has 1 aliphatic heterocycles. The molecule has 4 rings (SSSR count). The number of hydrogen-bond donors (Lipinski definition) is 2. The lowest BCUT2D eigenvalue weighted by molar-refractivity contribution is -0.124. The lowest BCUT2D eigenvalue weighted by atomic mass is 10.3. The van der Waals surface area contributed by atoms with E-state index in [0.717, 1.165) is 38.1 Å². The number of halogens is 2. The number of para-hydroxylation sites is 1. The molecule has 0 unspecified atom stereocenters. The van der Waals surface area contributed by atoms with E-state index in [2.05, 4.69) is 43.7 Å². The number of carbonyl (C=O) groups excluding carboxylic acids is 1. The molecular formula is C22H22F2N6O2. The first kappa shape index (κ1) is 22.7. The van der Waals surface area contributed by atoms with Crippen LogP contribution in [0.4, 0.5) is 14.6 Å². The highest BCUT2D eigenvalue weighted by Crippen LogP contribution is 2.20. The minimum atomic E-state index is -0.774. The molecule has 32 heavy (non-hydrogen) atoms. The molecule has 8 nitrogen and oxygen atoms in total. The lowest BCUT2D eigenvalue weighted by Crippen LogP contribution is -2.25. The van der Waals surface area contributed by atoms with Crippen molar-refractivity contribution in [1.29, 1.82) is 0 Å². The van der Waals surface area contributed by atoms with Gasteiger partial charge >= 0.3 is 0 Å². The highest BCUT2D eigenvalue weighted by molar-refractivity contribution is 5.87. The third kappa shape index (κ3) is 5.57. The van der Waals surface area contributed by atoms with Crippen molar-refractivity contribution in [3.05, 3.63) is 54.6 Å². The standard InChI is InChI=1S/C15H11F2N5O.C7H11NO/c1-18-14-12-15(20-8-19-14)22-11(21-12)6-3-7-23-13-9(16)4-2-5-10(13)17;1-2-7(9)8-5-3-4-6-8/h2,4-5,8H,7H2,1H3,(H2,18,19,20,21,22);2H,1,3-6H2. The van der Waals surface area contributed by atoms with Crippen molar-refractivity contribution in [2.75, 3.05) is 32.1 Å². The molecule has 3 heterocycles. The van der Waals surface area contributed by atoms with Crippen LogP contribution in [0.5, 0.6) is 5.75 Å². The van der Waals surface area contributed by atoms with Gasteiger partial charge < -0.3 is 19.9 Å². The Morgan fingerprint density at radius 3 is 2.69 bits per heavy atom. The van der Waals surface area contributed by atoms with E-state index in [4.69, 9.17) is 4.74 Å². The lowest BCUT2D eigenvalue weighted by Gasteiger charge is -2.10. The van der Waals surface area contributed by atoms with Gasteiger partial charge in [0.1, 0.15) is 18.5 Å². The number of H-pyrrole nitrogens is 1. The molecule has 0 atom stereocenters. The number of ether oxygens (including phenoxy) is 1. The van der Waals surface area contributed by atoms with Crippen LogP contribution in [0.1, 0.15) is 18.7 Å². The Bertz CT molecular complexity index is 1140. The molecule has 0 radical (unpaired) electrons. The molecular weight excluding hydrogens is 418 g/mol. The number of anilines is 1. The van der Waals surface area contributed by atoms with Crippen LogP contribution in [0.2, 0.25) is 0 Å². The third-order valence-electron chi connectivity index (χ3n) is 4.53. The fourth-order valence-corrected chi connectivity index (χ4v) is 2.99. The summed E-state index contributed by atoms with van der Waals surface area (Å²) in [7, 11) is 1.73. The Labute approximate surface area is 183 Å². The molecule has 166 valence electrons. The molecule has 1 amide bonds. The first-order valence-electron chi connectivity index (χ1n) is 9.89. The summed E-state index contributed by atoms with van der Waals surface area (Å²) in [6.45, 7) is 5.08. The van der Waals surface area contributed by atoms with Crippen LogP contribution in [0, 0.1) is 23.5 Å². The summed E-state index contributed by atoms with van der Waals surface area (Å²) in [6.07, 6.45) is 5.07. The number of rotatable bonds is 4. The second-order valence-electron chi connectivity index (χ2n) is 6.63. The maximum atomic E-state index is 13.4. The minimum Gasteiger partial charge on any atom is -0.475 e. The van der Waals surface area contributed by atoms with Crippen molar-refractivity contribution < 1.29 is 18.3 Å². The Morgan fingerprint density at radius 1 is 1.31 bits per heavy atom. The van der Waals surface area contributed by atoms with Crippen LogP contribution >= 0.6 is 0 Å². The normalized spacial score (nSPS) is 12.4. The van der Waals surface area contributed by atoms with Gasteiger partial charge in [0.15, 0.2) is 34.7 Å². The average Bonchev–Trinajstić information content (AvgIpc) is 3.48. The van der Waals surface area contributed by atoms with Crippen LogP contribution in [-0.2, 0) is 4.79 Å². The van der Waals surface area contributed by atoms with Crippen molar-refractivity contribution in [2.45, 2.75) is 12.8 Å². The largest absolute Gasteiger partial charge is 0.475 e. The second kappa shape index (κ2) is 10.9. The first-order chi connectivity index (χ1) is 15.5. The zero-order valence-corrected chi connectivity index (χ0v) is 17.5. The number of fused-ring (bicyclic) bond motifs is 1. The Morgan fingerprint density at radius 2 is 2.03 bits per heavy atom. The molecule has 0 bridgehead atoms. The van der Waals surface area contributed by atoms with E-state index in [0.29, 0.717) is 22.8 Å². The van der Waals surface area contributed by atoms with Crippen molar-refractivity contribution in [3.63, 3.8) is 0 Å². The quantitative estimate of drug-likeness (QED) is 0.479. The summed E-state index contributed by atoms with van der Waals surface area (Å²) in [5.74, 6) is 4.38. The molecule has 0 spiro atoms. The smallest absolute Gasteiger partial charge is 0.245 e. The maximum Gasteiger partial charge on any atom is 0.245 e. The number of likely N-dealkylation sites (tertiary alicyclic amines) is 1. The molecule has 1 saturated heterocycles. The molecule has 3 aromatic rings. The third-order valence-corrected chi connectivity index (χ3v) is 4.53. The number of carbonyl (C=O) groups is 1. The zero-order chi connectivity index (χ0) is 22.9. The van der Waals surface area contributed by atoms with Crippen LogP contribution in [0.25, 0.3) is 11.2 Å². The van der Waals surface area contributed by atoms with E-state index < -0.39 is 17.4 Å². The molecule has 10 heteroatoms. The topological polar surface area (TPSA) is 96.0 Å². The van der Waals surface area contributed by atoms with Crippen molar-refractivity contribution in [2.24, 2.45) is 0 Å². The molecule has 2 N–H and O–H groups in total. The summed E-state index contributed by atoms with van der Waals surface area (Å²) < 4.78 is 31.7. The van der Waals surface area contributed by atoms with Crippen LogP contribution in [0.3, 0.4) is 0 Å². The van der Waals surface area contributed by atoms with Gasteiger partial charge in [-0.1, -0.05) is 18.6 Å². The van der Waals surface area contributed by atoms with Gasteiger partial charge in [-0.05, 0) is 37.0 Å². The summed E-state index contributed by atoms with van der Waals surface area (Å²) in [5.41, 5.74) is 1.09. The summed E-state index contributed by atoms with van der Waals surface area (Å²) in [6, 6.07) is 3.49. The first-order valence-corrected chi connectivity index (χ1v) is 9.89. The monoisotopic (exact) mass is 440 g/mol. The fourth-order valence-electron chi connectivity index (χ4n) is 2.99. The molecule has 0 saturated carbocycles. The van der Waals surface area contributed by atoms with E-state index in [-0.39, 0.29) is 12.5 Å². The predicted molar refractivity (Wildman–Crippen MR) is 116 cm³/mol. The van der Waals surface area contributed by atoms with Crippen LogP contribution in [0.15, 0.2) is 37.2 Å². The number of nitrogens with one attached hydrogen (secondary N) is 2. The molecule has 0 aliphatic carbocycles. The zero-order valence-electron chi connectivity index (χ0n) is 17.5. The highest BCUT2D eigenvalue weighted by atomic mass is 19.1. The fraction of sp³-hybridized carbons (Fsp3) is 0.273. The number of hydrogen-bond acceptors (Lipinski definition) is 6. The second-order valence-corrected chi connectivity index (χ2v) is 6.63. The summed E-state index contributed by atoms with van der Waals surface area (Å²) in [4.78, 5) is 27.8. The van der Waals surface area contributed by atoms with Crippen molar-refractivity contribution in [1.82, 2.24) is 24.8 Å². The Balaban J connectivity index is 0.000000269. The number of benzene rings is 1. The van der Waals surface area contributed by atoms with E-state index in [1.165, 1.54) is 18.5 Å². The Kier molecular flexibility index (Phi) is 7.70. The molecule has 1 aliphatic rings. The average molecular weight is 440 g/mol. The molecule has 2 aromatic heterocycles. The van der Waals surface area contributed by atoms with E-state index in [1.54, 1.807) is 7.05 Å². The van der Waals surface area contributed by atoms with E-state index in [9.17, 15) is 13.6 Å².